The van der Waals surface area contributed by atoms with Gasteiger partial charge in [0.1, 0.15) is 12.6 Å². The Balaban J connectivity index is 4.74. The number of esters is 1. The molecule has 0 heterocycles. The molecule has 0 bridgehead atoms. The molecule has 0 aromatic carbocycles. The first kappa shape index (κ1) is 17.7. The molecule has 0 aromatic heterocycles. The molecule has 0 fully saturated rings. The Labute approximate surface area is 116 Å². The molecule has 114 valence electrons. The minimum atomic E-state index is -1.43. The van der Waals surface area contributed by atoms with Gasteiger partial charge in [0.15, 0.2) is 0 Å². The number of primary amides is 1. The van der Waals surface area contributed by atoms with E-state index in [9.17, 15) is 19.2 Å². The Morgan fingerprint density at radius 1 is 1.35 bits per heavy atom. The Kier molecular flexibility index (Phi) is 7.71. The summed E-state index contributed by atoms with van der Waals surface area (Å²) < 4.78 is 4.44. The predicted octanol–water partition coefficient (Wildman–Crippen LogP) is -1.09. The number of nitrogens with one attached hydrogen (secondary N) is 1. The van der Waals surface area contributed by atoms with E-state index >= 15 is 0 Å². The molecule has 0 saturated heterocycles. The maximum atomic E-state index is 11.9. The Hall–Kier alpha value is -2.32. The maximum Gasteiger partial charge on any atom is 0.326 e. The SMILES string of the molecule is CCCN(CC(=O)OC)C(=O)NC(CC(N)=O)C(=O)O. The zero-order valence-corrected chi connectivity index (χ0v) is 11.4. The van der Waals surface area contributed by atoms with E-state index in [1.165, 1.54) is 7.11 Å². The first-order valence-corrected chi connectivity index (χ1v) is 5.95. The second kappa shape index (κ2) is 8.73. The van der Waals surface area contributed by atoms with E-state index in [4.69, 9.17) is 10.8 Å². The number of hydrogen-bond donors (Lipinski definition) is 3. The summed E-state index contributed by atoms with van der Waals surface area (Å²) in [7, 11) is 1.18. The van der Waals surface area contributed by atoms with Crippen molar-refractivity contribution in [2.24, 2.45) is 5.73 Å². The van der Waals surface area contributed by atoms with E-state index in [-0.39, 0.29) is 13.1 Å². The van der Waals surface area contributed by atoms with Crippen molar-refractivity contribution < 1.29 is 29.0 Å². The van der Waals surface area contributed by atoms with Crippen molar-refractivity contribution in [3.8, 4) is 0 Å². The predicted molar refractivity (Wildman–Crippen MR) is 67.6 cm³/mol. The van der Waals surface area contributed by atoms with Crippen LogP contribution in [0.3, 0.4) is 0 Å². The number of carboxylic acid groups (broad SMARTS) is 1. The molecule has 1 unspecified atom stereocenters. The highest BCUT2D eigenvalue weighted by atomic mass is 16.5. The molecule has 0 aliphatic rings. The van der Waals surface area contributed by atoms with Gasteiger partial charge in [-0.1, -0.05) is 6.92 Å². The van der Waals surface area contributed by atoms with E-state index < -0.39 is 36.3 Å². The van der Waals surface area contributed by atoms with Gasteiger partial charge >= 0.3 is 18.0 Å². The van der Waals surface area contributed by atoms with Crippen molar-refractivity contribution in [2.45, 2.75) is 25.8 Å². The fraction of sp³-hybridized carbons (Fsp3) is 0.636. The Morgan fingerprint density at radius 2 is 1.95 bits per heavy atom. The minimum absolute atomic E-state index is 0.240. The van der Waals surface area contributed by atoms with Crippen LogP contribution in [0.2, 0.25) is 0 Å². The monoisotopic (exact) mass is 289 g/mol. The topological polar surface area (TPSA) is 139 Å². The summed E-state index contributed by atoms with van der Waals surface area (Å²) in [6, 6.07) is -2.21. The van der Waals surface area contributed by atoms with Crippen LogP contribution in [0.15, 0.2) is 0 Å². The zero-order chi connectivity index (χ0) is 15.7. The number of carbonyl (C=O) groups excluding carboxylic acids is 3. The molecule has 1 atom stereocenters. The molecule has 9 nitrogen and oxygen atoms in total. The second-order valence-corrected chi connectivity index (χ2v) is 4.01. The summed E-state index contributed by atoms with van der Waals surface area (Å²) in [6.45, 7) is 1.72. The van der Waals surface area contributed by atoms with Crippen molar-refractivity contribution in [3.63, 3.8) is 0 Å². The van der Waals surface area contributed by atoms with Crippen molar-refractivity contribution in [1.29, 1.82) is 0 Å². The first-order chi connectivity index (χ1) is 9.31. The van der Waals surface area contributed by atoms with Crippen molar-refractivity contribution in [2.75, 3.05) is 20.2 Å². The summed E-state index contributed by atoms with van der Waals surface area (Å²) in [5.74, 6) is -2.87. The van der Waals surface area contributed by atoms with Gasteiger partial charge < -0.3 is 25.8 Å². The molecule has 0 aliphatic heterocycles. The molecule has 0 rings (SSSR count). The van der Waals surface area contributed by atoms with Gasteiger partial charge in [-0.25, -0.2) is 9.59 Å². The zero-order valence-electron chi connectivity index (χ0n) is 11.4. The summed E-state index contributed by atoms with van der Waals surface area (Å²) in [5, 5.41) is 11.0. The van der Waals surface area contributed by atoms with E-state index in [0.717, 1.165) is 4.90 Å². The van der Waals surface area contributed by atoms with Crippen LogP contribution >= 0.6 is 0 Å². The third-order valence-electron chi connectivity index (χ3n) is 2.33. The number of nitrogens with zero attached hydrogens (tertiary/aromatic N) is 1. The normalized spacial score (nSPS) is 11.3. The molecule has 0 aromatic rings. The van der Waals surface area contributed by atoms with E-state index in [0.29, 0.717) is 6.42 Å². The van der Waals surface area contributed by atoms with Crippen LogP contribution < -0.4 is 11.1 Å². The fourth-order valence-electron chi connectivity index (χ4n) is 1.38. The molecular weight excluding hydrogens is 270 g/mol. The van der Waals surface area contributed by atoms with Gasteiger partial charge in [-0.15, -0.1) is 0 Å². The summed E-state index contributed by atoms with van der Waals surface area (Å²) >= 11 is 0. The third-order valence-corrected chi connectivity index (χ3v) is 2.33. The molecule has 0 spiro atoms. The molecule has 0 radical (unpaired) electrons. The standard InChI is InChI=1S/C11H19N3O6/c1-3-4-14(6-9(16)20-2)11(19)13-7(10(17)18)5-8(12)15/h7H,3-6H2,1-2H3,(H2,12,15)(H,13,19)(H,17,18). The number of carboxylic acids is 1. The summed E-state index contributed by atoms with van der Waals surface area (Å²) in [5.41, 5.74) is 4.90. The number of ether oxygens (including phenoxy) is 1. The lowest BCUT2D eigenvalue weighted by Crippen LogP contribution is -2.50. The van der Waals surface area contributed by atoms with Gasteiger partial charge in [-0.2, -0.15) is 0 Å². The smallest absolute Gasteiger partial charge is 0.326 e. The number of rotatable bonds is 8. The van der Waals surface area contributed by atoms with Gasteiger partial charge in [-0.3, -0.25) is 9.59 Å². The molecule has 20 heavy (non-hydrogen) atoms. The highest BCUT2D eigenvalue weighted by molar-refractivity contribution is 5.88. The van der Waals surface area contributed by atoms with Crippen LogP contribution in [0.4, 0.5) is 4.79 Å². The van der Waals surface area contributed by atoms with Gasteiger partial charge in [-0.05, 0) is 6.42 Å². The van der Waals surface area contributed by atoms with Crippen molar-refractivity contribution >= 4 is 23.9 Å². The van der Waals surface area contributed by atoms with Crippen molar-refractivity contribution in [1.82, 2.24) is 10.2 Å². The van der Waals surface area contributed by atoms with Crippen LogP contribution in [0.1, 0.15) is 19.8 Å². The highest BCUT2D eigenvalue weighted by Gasteiger charge is 2.25. The van der Waals surface area contributed by atoms with Gasteiger partial charge in [0, 0.05) is 6.54 Å². The van der Waals surface area contributed by atoms with Crippen LogP contribution in [-0.4, -0.2) is 60.1 Å². The molecular formula is C11H19N3O6. The first-order valence-electron chi connectivity index (χ1n) is 5.95. The van der Waals surface area contributed by atoms with E-state index in [1.54, 1.807) is 6.92 Å². The van der Waals surface area contributed by atoms with E-state index in [2.05, 4.69) is 10.1 Å². The average molecular weight is 289 g/mol. The van der Waals surface area contributed by atoms with Gasteiger partial charge in [0.05, 0.1) is 13.5 Å². The summed E-state index contributed by atoms with van der Waals surface area (Å²) in [6.07, 6.45) is 0.0389. The van der Waals surface area contributed by atoms with Crippen LogP contribution in [0.5, 0.6) is 0 Å². The largest absolute Gasteiger partial charge is 0.480 e. The summed E-state index contributed by atoms with van der Waals surface area (Å²) in [4.78, 5) is 45.8. The van der Waals surface area contributed by atoms with Gasteiger partial charge in [0.2, 0.25) is 5.91 Å². The van der Waals surface area contributed by atoms with Crippen molar-refractivity contribution in [3.05, 3.63) is 0 Å². The number of carbonyl (C=O) groups is 4. The van der Waals surface area contributed by atoms with Crippen LogP contribution in [0.25, 0.3) is 0 Å². The van der Waals surface area contributed by atoms with Gasteiger partial charge in [0.25, 0.3) is 0 Å². The number of nitrogens with two attached hydrogens (primary N) is 1. The number of aliphatic carboxylic acids is 1. The number of urea groups is 1. The highest BCUT2D eigenvalue weighted by Crippen LogP contribution is 1.98. The molecule has 9 heteroatoms. The lowest BCUT2D eigenvalue weighted by molar-refractivity contribution is -0.141. The quantitative estimate of drug-likeness (QED) is 0.485. The maximum absolute atomic E-state index is 11.9. The average Bonchev–Trinajstić information content (AvgIpc) is 2.36. The molecule has 4 N–H and O–H groups in total. The number of methoxy groups -OCH3 is 1. The third kappa shape index (κ3) is 6.57. The Morgan fingerprint density at radius 3 is 2.35 bits per heavy atom. The minimum Gasteiger partial charge on any atom is -0.480 e. The molecule has 3 amide bonds. The number of amides is 3. The van der Waals surface area contributed by atoms with E-state index in [1.807, 2.05) is 0 Å². The Bertz CT molecular complexity index is 384. The second-order valence-electron chi connectivity index (χ2n) is 4.01. The van der Waals surface area contributed by atoms with Crippen LogP contribution in [0, 0.1) is 0 Å². The fourth-order valence-corrected chi connectivity index (χ4v) is 1.38. The molecule has 0 aliphatic carbocycles. The van der Waals surface area contributed by atoms with Crippen LogP contribution in [-0.2, 0) is 19.1 Å². The molecule has 0 saturated carbocycles. The lowest BCUT2D eigenvalue weighted by atomic mass is 10.2. The number of hydrogen-bond acceptors (Lipinski definition) is 5. The lowest BCUT2D eigenvalue weighted by Gasteiger charge is -2.23.